The number of carboxylic acids is 1. The van der Waals surface area contributed by atoms with Crippen LogP contribution in [0, 0.1) is 0 Å². The van der Waals surface area contributed by atoms with Gasteiger partial charge in [-0.2, -0.15) is 0 Å². The van der Waals surface area contributed by atoms with Crippen LogP contribution in [0.25, 0.3) is 21.3 Å². The van der Waals surface area contributed by atoms with E-state index >= 15 is 0 Å². The average molecular weight is 439 g/mol. The molecule has 0 spiro atoms. The number of thiophene rings is 1. The monoisotopic (exact) mass is 438 g/mol. The van der Waals surface area contributed by atoms with E-state index < -0.39 is 5.97 Å². The number of rotatable bonds is 5. The first-order valence-corrected chi connectivity index (χ1v) is 11.5. The van der Waals surface area contributed by atoms with Crippen LogP contribution < -0.4 is 5.56 Å². The summed E-state index contributed by atoms with van der Waals surface area (Å²) in [5, 5.41) is 12.0. The van der Waals surface area contributed by atoms with Crippen LogP contribution in [0.4, 0.5) is 0 Å². The normalized spacial score (nSPS) is 13.5. The molecule has 0 radical (unpaired) electrons. The summed E-state index contributed by atoms with van der Waals surface area (Å²) in [6.45, 7) is 0. The van der Waals surface area contributed by atoms with Crippen LogP contribution >= 0.6 is 23.1 Å². The number of furan rings is 1. The highest BCUT2D eigenvalue weighted by Gasteiger charge is 2.16. The van der Waals surface area contributed by atoms with Crippen molar-refractivity contribution in [2.24, 2.45) is 0 Å². The van der Waals surface area contributed by atoms with E-state index in [2.05, 4.69) is 28.2 Å². The van der Waals surface area contributed by atoms with Crippen molar-refractivity contribution in [1.82, 2.24) is 9.97 Å². The number of aromatic carboxylic acids is 1. The lowest BCUT2D eigenvalue weighted by atomic mass is 9.89. The number of carboxylic acid groups (broad SMARTS) is 1. The second kappa shape index (κ2) is 7.77. The van der Waals surface area contributed by atoms with E-state index in [9.17, 15) is 9.59 Å². The van der Waals surface area contributed by atoms with Gasteiger partial charge in [-0.05, 0) is 54.5 Å². The summed E-state index contributed by atoms with van der Waals surface area (Å²) in [6, 6.07) is 9.54. The Morgan fingerprint density at radius 2 is 2.03 bits per heavy atom. The molecule has 0 amide bonds. The standard InChI is InChI=1S/C22H18N2O4S2/c25-19-18-16(14-6-5-12-3-1-2-4-13(12)9-14)11-29-20(18)24-22(23-19)30-10-15-7-8-17(28-15)21(26)27/h5-9,11H,1-4,10H2,(H,26,27)(H,23,24,25). The molecule has 1 aliphatic rings. The van der Waals surface area contributed by atoms with Crippen LogP contribution in [-0.2, 0) is 18.6 Å². The lowest BCUT2D eigenvalue weighted by molar-refractivity contribution is 0.0661. The Morgan fingerprint density at radius 1 is 1.20 bits per heavy atom. The molecule has 30 heavy (non-hydrogen) atoms. The maximum Gasteiger partial charge on any atom is 0.371 e. The van der Waals surface area contributed by atoms with E-state index in [0.717, 1.165) is 24.0 Å². The van der Waals surface area contributed by atoms with Crippen LogP contribution in [0.2, 0.25) is 0 Å². The van der Waals surface area contributed by atoms with Gasteiger partial charge in [-0.25, -0.2) is 9.78 Å². The summed E-state index contributed by atoms with van der Waals surface area (Å²) in [6.07, 6.45) is 4.68. The number of carbonyl (C=O) groups is 1. The quantitative estimate of drug-likeness (QED) is 0.332. The first-order chi connectivity index (χ1) is 14.6. The first kappa shape index (κ1) is 19.1. The fraction of sp³-hybridized carbons (Fsp3) is 0.227. The van der Waals surface area contributed by atoms with E-state index in [-0.39, 0.29) is 11.3 Å². The summed E-state index contributed by atoms with van der Waals surface area (Å²) in [5.41, 5.74) is 4.62. The van der Waals surface area contributed by atoms with Crippen molar-refractivity contribution >= 4 is 39.3 Å². The number of hydrogen-bond donors (Lipinski definition) is 2. The Kier molecular flexibility index (Phi) is 4.96. The minimum absolute atomic E-state index is 0.101. The zero-order valence-electron chi connectivity index (χ0n) is 15.9. The Labute approximate surface area is 180 Å². The Balaban J connectivity index is 1.43. The number of aromatic nitrogens is 2. The molecule has 2 N–H and O–H groups in total. The van der Waals surface area contributed by atoms with Gasteiger partial charge in [-0.1, -0.05) is 30.0 Å². The fourth-order valence-electron chi connectivity index (χ4n) is 3.82. The SMILES string of the molecule is O=C(O)c1ccc(CSc2nc3scc(-c4ccc5c(c4)CCCC5)c3c(=O)[nH]2)o1. The minimum atomic E-state index is -1.10. The van der Waals surface area contributed by atoms with E-state index in [0.29, 0.717) is 26.9 Å². The highest BCUT2D eigenvalue weighted by atomic mass is 32.2. The number of hydrogen-bond acceptors (Lipinski definition) is 6. The van der Waals surface area contributed by atoms with Gasteiger partial charge in [0.05, 0.1) is 11.1 Å². The van der Waals surface area contributed by atoms with Gasteiger partial charge in [-0.15, -0.1) is 11.3 Å². The van der Waals surface area contributed by atoms with Crippen LogP contribution in [0.1, 0.15) is 40.3 Å². The molecule has 4 aromatic rings. The van der Waals surface area contributed by atoms with Crippen LogP contribution in [0.15, 0.2) is 50.1 Å². The molecule has 152 valence electrons. The topological polar surface area (TPSA) is 96.2 Å². The number of aryl methyl sites for hydroxylation is 2. The van der Waals surface area contributed by atoms with Gasteiger partial charge in [-0.3, -0.25) is 4.79 Å². The van der Waals surface area contributed by atoms with Crippen molar-refractivity contribution in [1.29, 1.82) is 0 Å². The number of thioether (sulfide) groups is 1. The molecule has 0 saturated heterocycles. The van der Waals surface area contributed by atoms with E-state index in [1.807, 2.05) is 5.38 Å². The zero-order valence-corrected chi connectivity index (χ0v) is 17.6. The summed E-state index contributed by atoms with van der Waals surface area (Å²) in [5.74, 6) is -0.311. The average Bonchev–Trinajstić information content (AvgIpc) is 3.39. The van der Waals surface area contributed by atoms with Gasteiger partial charge in [0.2, 0.25) is 5.76 Å². The molecule has 8 heteroatoms. The summed E-state index contributed by atoms with van der Waals surface area (Å²) in [7, 11) is 0. The summed E-state index contributed by atoms with van der Waals surface area (Å²) >= 11 is 2.76. The minimum Gasteiger partial charge on any atom is -0.475 e. The third-order valence-corrected chi connectivity index (χ3v) is 7.07. The molecule has 0 fully saturated rings. The van der Waals surface area contributed by atoms with Crippen molar-refractivity contribution in [2.75, 3.05) is 0 Å². The number of H-pyrrole nitrogens is 1. The van der Waals surface area contributed by atoms with Gasteiger partial charge in [0.25, 0.3) is 5.56 Å². The van der Waals surface area contributed by atoms with Crippen molar-refractivity contribution < 1.29 is 14.3 Å². The second-order valence-electron chi connectivity index (χ2n) is 7.25. The molecule has 0 bridgehead atoms. The van der Waals surface area contributed by atoms with Crippen LogP contribution in [0.5, 0.6) is 0 Å². The van der Waals surface area contributed by atoms with Crippen LogP contribution in [-0.4, -0.2) is 21.0 Å². The number of benzene rings is 1. The molecule has 1 aliphatic carbocycles. The molecule has 6 nitrogen and oxygen atoms in total. The Hall–Kier alpha value is -2.84. The van der Waals surface area contributed by atoms with Crippen LogP contribution in [0.3, 0.4) is 0 Å². The molecular weight excluding hydrogens is 420 g/mol. The predicted octanol–water partition coefficient (Wildman–Crippen LogP) is 5.11. The van der Waals surface area contributed by atoms with Gasteiger partial charge < -0.3 is 14.5 Å². The number of aromatic amines is 1. The zero-order chi connectivity index (χ0) is 20.7. The summed E-state index contributed by atoms with van der Waals surface area (Å²) < 4.78 is 5.25. The number of fused-ring (bicyclic) bond motifs is 2. The maximum absolute atomic E-state index is 12.8. The molecule has 0 unspecified atom stereocenters. The lowest BCUT2D eigenvalue weighted by Gasteiger charge is -2.16. The molecule has 5 rings (SSSR count). The molecule has 1 aromatic carbocycles. The molecule has 0 aliphatic heterocycles. The number of nitrogens with one attached hydrogen (secondary N) is 1. The second-order valence-corrected chi connectivity index (χ2v) is 9.07. The van der Waals surface area contributed by atoms with Gasteiger partial charge in [0, 0.05) is 10.9 Å². The predicted molar refractivity (Wildman–Crippen MR) is 118 cm³/mol. The van der Waals surface area contributed by atoms with Crippen molar-refractivity contribution in [3.8, 4) is 11.1 Å². The first-order valence-electron chi connectivity index (χ1n) is 9.67. The Bertz CT molecular complexity index is 1320. The summed E-state index contributed by atoms with van der Waals surface area (Å²) in [4.78, 5) is 31.9. The third kappa shape index (κ3) is 3.57. The molecule has 3 heterocycles. The van der Waals surface area contributed by atoms with Crippen molar-refractivity contribution in [3.63, 3.8) is 0 Å². The highest BCUT2D eigenvalue weighted by Crippen LogP contribution is 2.34. The Morgan fingerprint density at radius 3 is 2.83 bits per heavy atom. The fourth-order valence-corrected chi connectivity index (χ4v) is 5.58. The van der Waals surface area contributed by atoms with Gasteiger partial charge in [0.15, 0.2) is 5.16 Å². The van der Waals surface area contributed by atoms with E-state index in [1.54, 1.807) is 6.07 Å². The number of nitrogens with zero attached hydrogens (tertiary/aromatic N) is 1. The molecule has 0 saturated carbocycles. The van der Waals surface area contributed by atoms with Crippen molar-refractivity contribution in [2.45, 2.75) is 36.6 Å². The van der Waals surface area contributed by atoms with Crippen molar-refractivity contribution in [3.05, 3.63) is 68.7 Å². The third-order valence-electron chi connectivity index (χ3n) is 5.31. The van der Waals surface area contributed by atoms with Gasteiger partial charge in [0.1, 0.15) is 10.6 Å². The smallest absolute Gasteiger partial charge is 0.371 e. The van der Waals surface area contributed by atoms with E-state index in [1.165, 1.54) is 53.1 Å². The molecule has 3 aromatic heterocycles. The van der Waals surface area contributed by atoms with Gasteiger partial charge >= 0.3 is 5.97 Å². The highest BCUT2D eigenvalue weighted by molar-refractivity contribution is 7.98. The largest absolute Gasteiger partial charge is 0.475 e. The molecule has 0 atom stereocenters. The lowest BCUT2D eigenvalue weighted by Crippen LogP contribution is -2.09. The maximum atomic E-state index is 12.8. The van der Waals surface area contributed by atoms with E-state index in [4.69, 9.17) is 9.52 Å². The molecular formula is C22H18N2O4S2.